The summed E-state index contributed by atoms with van der Waals surface area (Å²) in [5.74, 6) is 0. The van der Waals surface area contributed by atoms with Crippen molar-refractivity contribution in [2.75, 3.05) is 19.3 Å². The van der Waals surface area contributed by atoms with E-state index < -0.39 is 0 Å². The van der Waals surface area contributed by atoms with E-state index in [2.05, 4.69) is 28.1 Å². The highest BCUT2D eigenvalue weighted by Gasteiger charge is 2.10. The summed E-state index contributed by atoms with van der Waals surface area (Å²) in [5, 5.41) is 9.73. The summed E-state index contributed by atoms with van der Waals surface area (Å²) in [5.41, 5.74) is 1.70. The lowest BCUT2D eigenvalue weighted by Crippen LogP contribution is -2.20. The Bertz CT molecular complexity index is 440. The molecule has 0 saturated carbocycles. The van der Waals surface area contributed by atoms with E-state index in [1.165, 1.54) is 11.8 Å². The quantitative estimate of drug-likeness (QED) is 0.589. The minimum atomic E-state index is 0.663. The molecule has 1 aliphatic rings. The molecule has 0 aromatic carbocycles. The van der Waals surface area contributed by atoms with Gasteiger partial charge in [0.25, 0.3) is 0 Å². The molecule has 2 rings (SSSR count). The SMILES string of the molecule is CSc1nc(CN2CC=CC2)ccc1C#N. The Kier molecular flexibility index (Phi) is 3.60. The van der Waals surface area contributed by atoms with Gasteiger partial charge < -0.3 is 0 Å². The zero-order valence-corrected chi connectivity index (χ0v) is 10.00. The van der Waals surface area contributed by atoms with E-state index in [1.54, 1.807) is 0 Å². The summed E-state index contributed by atoms with van der Waals surface area (Å²) in [4.78, 5) is 6.80. The highest BCUT2D eigenvalue weighted by Crippen LogP contribution is 2.18. The van der Waals surface area contributed by atoms with Gasteiger partial charge >= 0.3 is 0 Å². The summed E-state index contributed by atoms with van der Waals surface area (Å²) in [6.07, 6.45) is 6.28. The van der Waals surface area contributed by atoms with Crippen molar-refractivity contribution in [1.82, 2.24) is 9.88 Å². The molecule has 0 saturated heterocycles. The van der Waals surface area contributed by atoms with E-state index in [0.29, 0.717) is 5.56 Å². The predicted octanol–water partition coefficient (Wildman–Crippen LogP) is 2.05. The van der Waals surface area contributed by atoms with Gasteiger partial charge in [-0.1, -0.05) is 12.2 Å². The molecule has 3 nitrogen and oxygen atoms in total. The number of thioether (sulfide) groups is 1. The molecule has 0 unspecified atom stereocenters. The lowest BCUT2D eigenvalue weighted by Gasteiger charge is -2.14. The van der Waals surface area contributed by atoms with Crippen molar-refractivity contribution in [3.8, 4) is 6.07 Å². The lowest BCUT2D eigenvalue weighted by molar-refractivity contribution is 0.340. The second kappa shape index (κ2) is 5.15. The van der Waals surface area contributed by atoms with E-state index in [-0.39, 0.29) is 0 Å². The van der Waals surface area contributed by atoms with Gasteiger partial charge in [-0.25, -0.2) is 4.98 Å². The number of aromatic nitrogens is 1. The molecule has 82 valence electrons. The topological polar surface area (TPSA) is 39.9 Å². The second-order valence-electron chi connectivity index (χ2n) is 3.64. The van der Waals surface area contributed by atoms with Gasteiger partial charge in [-0.3, -0.25) is 4.90 Å². The van der Waals surface area contributed by atoms with E-state index >= 15 is 0 Å². The normalized spacial score (nSPS) is 15.2. The molecular weight excluding hydrogens is 218 g/mol. The fourth-order valence-electron chi connectivity index (χ4n) is 1.69. The molecule has 0 fully saturated rings. The Hall–Kier alpha value is -1.31. The Morgan fingerprint density at radius 3 is 2.81 bits per heavy atom. The van der Waals surface area contributed by atoms with Crippen LogP contribution in [0.5, 0.6) is 0 Å². The highest BCUT2D eigenvalue weighted by molar-refractivity contribution is 7.98. The maximum atomic E-state index is 8.90. The predicted molar refractivity (Wildman–Crippen MR) is 65.2 cm³/mol. The van der Waals surface area contributed by atoms with Gasteiger partial charge in [-0.05, 0) is 18.4 Å². The molecule has 2 heterocycles. The molecule has 16 heavy (non-hydrogen) atoms. The third kappa shape index (κ3) is 2.43. The standard InChI is InChI=1S/C12H13N3S/c1-16-12-10(8-13)4-5-11(14-12)9-15-6-2-3-7-15/h2-5H,6-7,9H2,1H3. The van der Waals surface area contributed by atoms with Crippen molar-refractivity contribution in [1.29, 1.82) is 5.26 Å². The van der Waals surface area contributed by atoms with Gasteiger partial charge in [0.2, 0.25) is 0 Å². The van der Waals surface area contributed by atoms with Crippen LogP contribution in [0, 0.1) is 11.3 Å². The fourth-order valence-corrected chi connectivity index (χ4v) is 2.23. The molecule has 0 N–H and O–H groups in total. The molecule has 1 aliphatic heterocycles. The van der Waals surface area contributed by atoms with E-state index in [0.717, 1.165) is 30.4 Å². The molecule has 1 aromatic heterocycles. The Morgan fingerprint density at radius 2 is 2.19 bits per heavy atom. The summed E-state index contributed by atoms with van der Waals surface area (Å²) in [6.45, 7) is 2.85. The summed E-state index contributed by atoms with van der Waals surface area (Å²) >= 11 is 1.52. The minimum Gasteiger partial charge on any atom is -0.290 e. The Labute approximate surface area is 99.8 Å². The van der Waals surface area contributed by atoms with Gasteiger partial charge in [-0.15, -0.1) is 11.8 Å². The third-order valence-electron chi connectivity index (χ3n) is 2.51. The number of rotatable bonds is 3. The molecular formula is C12H13N3S. The zero-order valence-electron chi connectivity index (χ0n) is 9.18. The van der Waals surface area contributed by atoms with Crippen LogP contribution in [-0.4, -0.2) is 29.2 Å². The smallest absolute Gasteiger partial charge is 0.114 e. The van der Waals surface area contributed by atoms with Gasteiger partial charge in [0.1, 0.15) is 11.1 Å². The number of pyridine rings is 1. The van der Waals surface area contributed by atoms with Crippen molar-refractivity contribution in [2.45, 2.75) is 11.6 Å². The van der Waals surface area contributed by atoms with Crippen molar-refractivity contribution in [2.24, 2.45) is 0 Å². The first-order valence-corrected chi connectivity index (χ1v) is 6.37. The highest BCUT2D eigenvalue weighted by atomic mass is 32.2. The van der Waals surface area contributed by atoms with E-state index in [9.17, 15) is 0 Å². The van der Waals surface area contributed by atoms with Crippen molar-refractivity contribution in [3.05, 3.63) is 35.5 Å². The van der Waals surface area contributed by atoms with Crippen molar-refractivity contribution < 1.29 is 0 Å². The lowest BCUT2D eigenvalue weighted by atomic mass is 10.2. The van der Waals surface area contributed by atoms with Crippen molar-refractivity contribution >= 4 is 11.8 Å². The average molecular weight is 231 g/mol. The van der Waals surface area contributed by atoms with Crippen LogP contribution in [0.25, 0.3) is 0 Å². The molecule has 0 amide bonds. The molecule has 4 heteroatoms. The van der Waals surface area contributed by atoms with Crippen LogP contribution in [0.3, 0.4) is 0 Å². The third-order valence-corrected chi connectivity index (χ3v) is 3.21. The van der Waals surface area contributed by atoms with Gasteiger partial charge in [0.15, 0.2) is 0 Å². The van der Waals surface area contributed by atoms with Crippen LogP contribution in [-0.2, 0) is 6.54 Å². The van der Waals surface area contributed by atoms with E-state index in [4.69, 9.17) is 5.26 Å². The summed E-state index contributed by atoms with van der Waals surface area (Å²) in [6, 6.07) is 5.96. The monoisotopic (exact) mass is 231 g/mol. The summed E-state index contributed by atoms with van der Waals surface area (Å²) in [7, 11) is 0. The Balaban J connectivity index is 2.13. The number of nitrogens with zero attached hydrogens (tertiary/aromatic N) is 3. The number of nitriles is 1. The molecule has 0 spiro atoms. The first kappa shape index (κ1) is 11.2. The average Bonchev–Trinajstić information content (AvgIpc) is 2.81. The molecule has 1 aromatic rings. The van der Waals surface area contributed by atoms with Crippen LogP contribution in [0.1, 0.15) is 11.3 Å². The first-order chi connectivity index (χ1) is 7.83. The number of hydrogen-bond acceptors (Lipinski definition) is 4. The van der Waals surface area contributed by atoms with Crippen LogP contribution in [0.4, 0.5) is 0 Å². The Morgan fingerprint density at radius 1 is 1.44 bits per heavy atom. The number of hydrogen-bond donors (Lipinski definition) is 0. The molecule has 0 aliphatic carbocycles. The summed E-state index contributed by atoms with van der Waals surface area (Å²) < 4.78 is 0. The minimum absolute atomic E-state index is 0.663. The fraction of sp³-hybridized carbons (Fsp3) is 0.333. The second-order valence-corrected chi connectivity index (χ2v) is 4.43. The van der Waals surface area contributed by atoms with Gasteiger partial charge in [-0.2, -0.15) is 5.26 Å². The maximum absolute atomic E-state index is 8.90. The van der Waals surface area contributed by atoms with Crippen LogP contribution in [0.2, 0.25) is 0 Å². The molecule has 0 atom stereocenters. The first-order valence-electron chi connectivity index (χ1n) is 5.15. The molecule has 0 radical (unpaired) electrons. The van der Waals surface area contributed by atoms with Crippen molar-refractivity contribution in [3.63, 3.8) is 0 Å². The van der Waals surface area contributed by atoms with Gasteiger partial charge in [0, 0.05) is 19.6 Å². The zero-order chi connectivity index (χ0) is 11.4. The van der Waals surface area contributed by atoms with Crippen LogP contribution in [0.15, 0.2) is 29.3 Å². The molecule has 0 bridgehead atoms. The van der Waals surface area contributed by atoms with Crippen LogP contribution >= 0.6 is 11.8 Å². The van der Waals surface area contributed by atoms with E-state index in [1.807, 2.05) is 18.4 Å². The maximum Gasteiger partial charge on any atom is 0.114 e. The van der Waals surface area contributed by atoms with Crippen LogP contribution < -0.4 is 0 Å². The largest absolute Gasteiger partial charge is 0.290 e. The van der Waals surface area contributed by atoms with Gasteiger partial charge in [0.05, 0.1) is 11.3 Å².